The molecule has 0 unspecified atom stereocenters. The third-order valence-corrected chi connectivity index (χ3v) is 4.59. The first-order chi connectivity index (χ1) is 11.0. The molecule has 5 heteroatoms. The minimum atomic E-state index is 0.0847. The summed E-state index contributed by atoms with van der Waals surface area (Å²) < 4.78 is 0. The summed E-state index contributed by atoms with van der Waals surface area (Å²) in [7, 11) is 0. The van der Waals surface area contributed by atoms with Crippen molar-refractivity contribution in [2.45, 2.75) is 52.9 Å². The van der Waals surface area contributed by atoms with Gasteiger partial charge < -0.3 is 15.2 Å². The van der Waals surface area contributed by atoms with Gasteiger partial charge in [0.05, 0.1) is 0 Å². The molecule has 0 spiro atoms. The Bertz CT molecular complexity index is 542. The standard InChI is InChI=1S/C18H29N3O2/c1-4-5-8-19-16(22)12-15-6-9-21(10-7-15)18(23)17-13(2)11-14(3)20-17/h11,15,20H,4-10,12H2,1-3H3,(H,19,22). The molecule has 23 heavy (non-hydrogen) atoms. The third-order valence-electron chi connectivity index (χ3n) is 4.59. The summed E-state index contributed by atoms with van der Waals surface area (Å²) in [5.74, 6) is 0.632. The molecule has 2 amide bonds. The number of aromatic amines is 1. The van der Waals surface area contributed by atoms with Gasteiger partial charge >= 0.3 is 0 Å². The molecule has 0 aliphatic carbocycles. The first kappa shape index (κ1) is 17.6. The largest absolute Gasteiger partial charge is 0.356 e. The van der Waals surface area contributed by atoms with Gasteiger partial charge in [-0.15, -0.1) is 0 Å². The molecule has 0 bridgehead atoms. The van der Waals surface area contributed by atoms with E-state index in [2.05, 4.69) is 17.2 Å². The lowest BCUT2D eigenvalue weighted by Crippen LogP contribution is -2.40. The van der Waals surface area contributed by atoms with Crippen LogP contribution < -0.4 is 5.32 Å². The summed E-state index contributed by atoms with van der Waals surface area (Å²) >= 11 is 0. The number of carbonyl (C=O) groups is 2. The Morgan fingerprint density at radius 1 is 1.30 bits per heavy atom. The highest BCUT2D eigenvalue weighted by Crippen LogP contribution is 2.22. The highest BCUT2D eigenvalue weighted by atomic mass is 16.2. The maximum atomic E-state index is 12.6. The highest BCUT2D eigenvalue weighted by molar-refractivity contribution is 5.94. The van der Waals surface area contributed by atoms with Gasteiger partial charge in [-0.1, -0.05) is 13.3 Å². The van der Waals surface area contributed by atoms with Crippen molar-refractivity contribution in [3.05, 3.63) is 23.0 Å². The van der Waals surface area contributed by atoms with Crippen LogP contribution in [0.2, 0.25) is 0 Å². The molecule has 128 valence electrons. The number of amides is 2. The number of unbranched alkanes of at least 4 members (excludes halogenated alkanes) is 1. The zero-order valence-electron chi connectivity index (χ0n) is 14.6. The molecule has 5 nitrogen and oxygen atoms in total. The zero-order chi connectivity index (χ0) is 16.8. The molecule has 2 N–H and O–H groups in total. The first-order valence-electron chi connectivity index (χ1n) is 8.73. The number of hydrogen-bond donors (Lipinski definition) is 2. The SMILES string of the molecule is CCCCNC(=O)CC1CCN(C(=O)c2[nH]c(C)cc2C)CC1. The van der Waals surface area contributed by atoms with Gasteiger partial charge in [0.15, 0.2) is 0 Å². The number of aromatic nitrogens is 1. The molecule has 1 aliphatic heterocycles. The van der Waals surface area contributed by atoms with Crippen molar-refractivity contribution in [3.63, 3.8) is 0 Å². The van der Waals surface area contributed by atoms with Crippen molar-refractivity contribution in [2.24, 2.45) is 5.92 Å². The lowest BCUT2D eigenvalue weighted by atomic mass is 9.93. The van der Waals surface area contributed by atoms with Crippen molar-refractivity contribution >= 4 is 11.8 Å². The molecular formula is C18H29N3O2. The molecule has 1 aliphatic rings. The molecule has 0 aromatic carbocycles. The van der Waals surface area contributed by atoms with Gasteiger partial charge in [0.1, 0.15) is 5.69 Å². The average Bonchev–Trinajstić information content (AvgIpc) is 2.86. The number of H-pyrrole nitrogens is 1. The van der Waals surface area contributed by atoms with E-state index in [-0.39, 0.29) is 11.8 Å². The smallest absolute Gasteiger partial charge is 0.270 e. The zero-order valence-corrected chi connectivity index (χ0v) is 14.6. The maximum Gasteiger partial charge on any atom is 0.270 e. The Hall–Kier alpha value is -1.78. The van der Waals surface area contributed by atoms with Crippen LogP contribution in [0.25, 0.3) is 0 Å². The Morgan fingerprint density at radius 2 is 2.00 bits per heavy atom. The van der Waals surface area contributed by atoms with Gasteiger partial charge in [-0.2, -0.15) is 0 Å². The van der Waals surface area contributed by atoms with Gasteiger partial charge in [-0.3, -0.25) is 9.59 Å². The molecule has 1 aromatic heterocycles. The fourth-order valence-electron chi connectivity index (χ4n) is 3.19. The quantitative estimate of drug-likeness (QED) is 0.792. The molecule has 1 aromatic rings. The van der Waals surface area contributed by atoms with E-state index >= 15 is 0 Å². The second-order valence-corrected chi connectivity index (χ2v) is 6.65. The van der Waals surface area contributed by atoms with E-state index in [1.807, 2.05) is 24.8 Å². The fourth-order valence-corrected chi connectivity index (χ4v) is 3.19. The van der Waals surface area contributed by atoms with Crippen LogP contribution in [0.15, 0.2) is 6.07 Å². The Morgan fingerprint density at radius 3 is 2.57 bits per heavy atom. The second-order valence-electron chi connectivity index (χ2n) is 6.65. The summed E-state index contributed by atoms with van der Waals surface area (Å²) in [6, 6.07) is 2.00. The molecule has 0 radical (unpaired) electrons. The van der Waals surface area contributed by atoms with E-state index in [0.29, 0.717) is 18.0 Å². The predicted molar refractivity (Wildman–Crippen MR) is 91.4 cm³/mol. The maximum absolute atomic E-state index is 12.6. The van der Waals surface area contributed by atoms with Gasteiger partial charge in [-0.05, 0) is 50.7 Å². The number of aryl methyl sites for hydroxylation is 2. The van der Waals surface area contributed by atoms with Gasteiger partial charge in [0.2, 0.25) is 5.91 Å². The lowest BCUT2D eigenvalue weighted by molar-refractivity contribution is -0.122. The summed E-state index contributed by atoms with van der Waals surface area (Å²) in [6.07, 6.45) is 4.54. The monoisotopic (exact) mass is 319 g/mol. The number of nitrogens with one attached hydrogen (secondary N) is 2. The molecule has 0 saturated carbocycles. The van der Waals surface area contributed by atoms with Crippen LogP contribution in [-0.2, 0) is 4.79 Å². The summed E-state index contributed by atoms with van der Waals surface area (Å²) in [6.45, 7) is 8.30. The molecule has 2 heterocycles. The van der Waals surface area contributed by atoms with Crippen molar-refractivity contribution in [3.8, 4) is 0 Å². The van der Waals surface area contributed by atoms with Crippen LogP contribution in [0.5, 0.6) is 0 Å². The summed E-state index contributed by atoms with van der Waals surface area (Å²) in [4.78, 5) is 29.5. The summed E-state index contributed by atoms with van der Waals surface area (Å²) in [5, 5.41) is 2.98. The number of rotatable bonds is 6. The van der Waals surface area contributed by atoms with E-state index in [9.17, 15) is 9.59 Å². The second kappa shape index (κ2) is 8.18. The minimum Gasteiger partial charge on any atom is -0.356 e. The van der Waals surface area contributed by atoms with E-state index in [1.54, 1.807) is 0 Å². The number of carbonyl (C=O) groups excluding carboxylic acids is 2. The van der Waals surface area contributed by atoms with Crippen LogP contribution in [0, 0.1) is 19.8 Å². The molecule has 2 rings (SSSR count). The topological polar surface area (TPSA) is 65.2 Å². The molecular weight excluding hydrogens is 290 g/mol. The van der Waals surface area contributed by atoms with Gasteiger partial charge in [-0.25, -0.2) is 0 Å². The molecule has 0 atom stereocenters. The first-order valence-corrected chi connectivity index (χ1v) is 8.73. The number of nitrogens with zero attached hydrogens (tertiary/aromatic N) is 1. The minimum absolute atomic E-state index is 0.0847. The number of piperidine rings is 1. The number of likely N-dealkylation sites (tertiary alicyclic amines) is 1. The molecule has 1 fully saturated rings. The van der Waals surface area contributed by atoms with E-state index in [1.165, 1.54) is 0 Å². The van der Waals surface area contributed by atoms with Crippen molar-refractivity contribution in [1.29, 1.82) is 0 Å². The third kappa shape index (κ3) is 4.85. The van der Waals surface area contributed by atoms with Crippen molar-refractivity contribution in [1.82, 2.24) is 15.2 Å². The fraction of sp³-hybridized carbons (Fsp3) is 0.667. The average molecular weight is 319 g/mol. The lowest BCUT2D eigenvalue weighted by Gasteiger charge is -2.31. The Balaban J connectivity index is 1.78. The van der Waals surface area contributed by atoms with E-state index < -0.39 is 0 Å². The van der Waals surface area contributed by atoms with Gasteiger partial charge in [0, 0.05) is 31.7 Å². The van der Waals surface area contributed by atoms with Crippen LogP contribution in [-0.4, -0.2) is 41.3 Å². The molecule has 1 saturated heterocycles. The van der Waals surface area contributed by atoms with Crippen LogP contribution in [0.1, 0.15) is 60.8 Å². The van der Waals surface area contributed by atoms with Crippen molar-refractivity contribution < 1.29 is 9.59 Å². The van der Waals surface area contributed by atoms with E-state index in [0.717, 1.165) is 56.6 Å². The Kier molecular flexibility index (Phi) is 6.25. The van der Waals surface area contributed by atoms with E-state index in [4.69, 9.17) is 0 Å². The Labute approximate surface area is 138 Å². The van der Waals surface area contributed by atoms with Crippen LogP contribution >= 0.6 is 0 Å². The van der Waals surface area contributed by atoms with Gasteiger partial charge in [0.25, 0.3) is 5.91 Å². The van der Waals surface area contributed by atoms with Crippen LogP contribution in [0.3, 0.4) is 0 Å². The van der Waals surface area contributed by atoms with Crippen molar-refractivity contribution in [2.75, 3.05) is 19.6 Å². The summed E-state index contributed by atoms with van der Waals surface area (Å²) in [5.41, 5.74) is 2.73. The van der Waals surface area contributed by atoms with Crippen LogP contribution in [0.4, 0.5) is 0 Å². The predicted octanol–water partition coefficient (Wildman–Crippen LogP) is 2.79. The number of hydrogen-bond acceptors (Lipinski definition) is 2. The highest BCUT2D eigenvalue weighted by Gasteiger charge is 2.26. The normalized spacial score (nSPS) is 15.7.